The number of aliphatic hydroxyl groups is 1. The van der Waals surface area contributed by atoms with Gasteiger partial charge in [-0.25, -0.2) is 4.79 Å². The molecular weight excluding hydrogens is 287 g/mol. The van der Waals surface area contributed by atoms with Crippen molar-refractivity contribution in [3.05, 3.63) is 29.3 Å². The summed E-state index contributed by atoms with van der Waals surface area (Å²) in [4.78, 5) is 10.9. The van der Waals surface area contributed by atoms with E-state index in [0.29, 0.717) is 12.2 Å². The first kappa shape index (κ1) is 17.3. The first-order valence-corrected chi connectivity index (χ1v) is 6.55. The third kappa shape index (κ3) is 5.26. The van der Waals surface area contributed by atoms with Crippen LogP contribution in [-0.2, 0) is 6.18 Å². The highest BCUT2D eigenvalue weighted by atomic mass is 19.4. The van der Waals surface area contributed by atoms with E-state index >= 15 is 0 Å². The molecule has 0 amide bonds. The number of carbonyl (C=O) groups is 1. The van der Waals surface area contributed by atoms with Crippen molar-refractivity contribution in [3.8, 4) is 0 Å². The van der Waals surface area contributed by atoms with Gasteiger partial charge < -0.3 is 15.5 Å². The van der Waals surface area contributed by atoms with Crippen LogP contribution >= 0.6 is 0 Å². The zero-order chi connectivity index (χ0) is 16.0. The lowest BCUT2D eigenvalue weighted by atomic mass is 10.1. The Morgan fingerprint density at radius 2 is 2.05 bits per heavy atom. The molecule has 0 aromatic heterocycles. The number of benzene rings is 1. The number of alkyl halides is 3. The number of anilines is 1. The summed E-state index contributed by atoms with van der Waals surface area (Å²) in [5.41, 5.74) is -1.59. The van der Waals surface area contributed by atoms with Crippen LogP contribution < -0.4 is 5.32 Å². The second-order valence-corrected chi connectivity index (χ2v) is 4.92. The van der Waals surface area contributed by atoms with Gasteiger partial charge in [-0.15, -0.1) is 0 Å². The summed E-state index contributed by atoms with van der Waals surface area (Å²) in [5.74, 6) is -1.45. The van der Waals surface area contributed by atoms with Crippen molar-refractivity contribution in [1.29, 1.82) is 0 Å². The predicted octanol–water partition coefficient (Wildman–Crippen LogP) is 3.22. The molecule has 21 heavy (non-hydrogen) atoms. The number of carboxylic acid groups (broad SMARTS) is 1. The molecule has 1 aromatic rings. The van der Waals surface area contributed by atoms with Gasteiger partial charge in [0.15, 0.2) is 0 Å². The Labute approximate surface area is 120 Å². The van der Waals surface area contributed by atoms with Crippen molar-refractivity contribution in [1.82, 2.24) is 0 Å². The molecule has 0 bridgehead atoms. The molecular formula is C14H18F3NO3. The first-order chi connectivity index (χ1) is 9.75. The van der Waals surface area contributed by atoms with E-state index < -0.39 is 23.3 Å². The Bertz CT molecular complexity index is 489. The summed E-state index contributed by atoms with van der Waals surface area (Å²) in [5, 5.41) is 20.6. The van der Waals surface area contributed by atoms with Crippen LogP contribution in [0.25, 0.3) is 0 Å². The Morgan fingerprint density at radius 3 is 2.57 bits per heavy atom. The second kappa shape index (κ2) is 7.31. The number of carboxylic acids is 1. The molecule has 1 atom stereocenters. The Balaban J connectivity index is 2.73. The molecule has 0 aliphatic rings. The molecule has 1 rings (SSSR count). The molecule has 0 spiro atoms. The van der Waals surface area contributed by atoms with E-state index in [9.17, 15) is 18.0 Å². The smallest absolute Gasteiger partial charge is 0.417 e. The Morgan fingerprint density at radius 1 is 1.38 bits per heavy atom. The van der Waals surface area contributed by atoms with Crippen LogP contribution in [0.5, 0.6) is 0 Å². The quantitative estimate of drug-likeness (QED) is 0.677. The van der Waals surface area contributed by atoms with Gasteiger partial charge in [0, 0.05) is 18.8 Å². The molecule has 118 valence electrons. The summed E-state index contributed by atoms with van der Waals surface area (Å²) >= 11 is 0. The fourth-order valence-electron chi connectivity index (χ4n) is 1.85. The number of aliphatic hydroxyl groups excluding tert-OH is 1. The van der Waals surface area contributed by atoms with E-state index in [2.05, 4.69) is 5.32 Å². The van der Waals surface area contributed by atoms with Crippen LogP contribution in [0, 0.1) is 5.92 Å². The molecule has 0 radical (unpaired) electrons. The highest BCUT2D eigenvalue weighted by Gasteiger charge is 2.35. The molecule has 7 heteroatoms. The Kier molecular flexibility index (Phi) is 6.02. The minimum atomic E-state index is -4.69. The van der Waals surface area contributed by atoms with Crippen molar-refractivity contribution in [2.75, 3.05) is 18.5 Å². The lowest BCUT2D eigenvalue weighted by molar-refractivity contribution is -0.138. The maximum Gasteiger partial charge on any atom is 0.417 e. The standard InChI is InChI=1S/C14H18F3NO3/c1-9(8-19)3-2-6-18-10-4-5-12(14(15,16)17)11(7-10)13(20)21/h4-5,7,9,18-19H,2-3,6,8H2,1H3,(H,20,21). The van der Waals surface area contributed by atoms with Crippen LogP contribution in [0.2, 0.25) is 0 Å². The number of aromatic carboxylic acids is 1. The van der Waals surface area contributed by atoms with Crippen LogP contribution in [0.4, 0.5) is 18.9 Å². The minimum Gasteiger partial charge on any atom is -0.478 e. The van der Waals surface area contributed by atoms with Gasteiger partial charge in [-0.1, -0.05) is 6.92 Å². The van der Waals surface area contributed by atoms with Gasteiger partial charge in [-0.2, -0.15) is 13.2 Å². The van der Waals surface area contributed by atoms with Crippen LogP contribution in [0.1, 0.15) is 35.7 Å². The maximum absolute atomic E-state index is 12.7. The van der Waals surface area contributed by atoms with Gasteiger partial charge in [0.1, 0.15) is 0 Å². The van der Waals surface area contributed by atoms with Crippen LogP contribution in [-0.4, -0.2) is 29.3 Å². The zero-order valence-electron chi connectivity index (χ0n) is 11.6. The molecule has 3 N–H and O–H groups in total. The largest absolute Gasteiger partial charge is 0.478 e. The number of hydrogen-bond donors (Lipinski definition) is 3. The molecule has 4 nitrogen and oxygen atoms in total. The molecule has 0 saturated carbocycles. The number of halogens is 3. The van der Waals surface area contributed by atoms with Gasteiger partial charge in [0.05, 0.1) is 11.1 Å². The van der Waals surface area contributed by atoms with Crippen molar-refractivity contribution < 1.29 is 28.2 Å². The number of rotatable bonds is 7. The SMILES string of the molecule is CC(CO)CCCNc1ccc(C(F)(F)F)c(C(=O)O)c1. The molecule has 1 unspecified atom stereocenters. The monoisotopic (exact) mass is 305 g/mol. The zero-order valence-corrected chi connectivity index (χ0v) is 11.6. The second-order valence-electron chi connectivity index (χ2n) is 4.92. The van der Waals surface area contributed by atoms with Gasteiger partial charge >= 0.3 is 12.1 Å². The topological polar surface area (TPSA) is 69.6 Å². The molecule has 0 aliphatic heterocycles. The highest BCUT2D eigenvalue weighted by molar-refractivity contribution is 5.91. The number of hydrogen-bond acceptors (Lipinski definition) is 3. The number of nitrogens with one attached hydrogen (secondary N) is 1. The maximum atomic E-state index is 12.7. The normalized spacial score (nSPS) is 13.0. The van der Waals surface area contributed by atoms with Gasteiger partial charge in [0.2, 0.25) is 0 Å². The van der Waals surface area contributed by atoms with Crippen molar-refractivity contribution in [3.63, 3.8) is 0 Å². The lowest BCUT2D eigenvalue weighted by Gasteiger charge is -2.13. The van der Waals surface area contributed by atoms with Crippen molar-refractivity contribution in [2.24, 2.45) is 5.92 Å². The minimum absolute atomic E-state index is 0.0867. The Hall–Kier alpha value is -1.76. The molecule has 0 fully saturated rings. The fourth-order valence-corrected chi connectivity index (χ4v) is 1.85. The fraction of sp³-hybridized carbons (Fsp3) is 0.500. The lowest BCUT2D eigenvalue weighted by Crippen LogP contribution is -2.14. The molecule has 0 heterocycles. The van der Waals surface area contributed by atoms with Gasteiger partial charge in [0.25, 0.3) is 0 Å². The van der Waals surface area contributed by atoms with Crippen molar-refractivity contribution in [2.45, 2.75) is 25.9 Å². The summed E-state index contributed by atoms with van der Waals surface area (Å²) in [6, 6.07) is 2.97. The third-order valence-corrected chi connectivity index (χ3v) is 3.07. The summed E-state index contributed by atoms with van der Waals surface area (Å²) in [7, 11) is 0. The van der Waals surface area contributed by atoms with Crippen LogP contribution in [0.3, 0.4) is 0 Å². The first-order valence-electron chi connectivity index (χ1n) is 6.55. The molecule has 1 aromatic carbocycles. The van der Waals surface area contributed by atoms with E-state index in [4.69, 9.17) is 10.2 Å². The van der Waals surface area contributed by atoms with Gasteiger partial charge in [-0.05, 0) is 37.0 Å². The highest BCUT2D eigenvalue weighted by Crippen LogP contribution is 2.33. The molecule has 0 aliphatic carbocycles. The molecule has 0 saturated heterocycles. The third-order valence-electron chi connectivity index (χ3n) is 3.07. The average Bonchev–Trinajstić information content (AvgIpc) is 2.41. The summed E-state index contributed by atoms with van der Waals surface area (Å²) < 4.78 is 38.0. The van der Waals surface area contributed by atoms with E-state index in [0.717, 1.165) is 25.0 Å². The predicted molar refractivity (Wildman–Crippen MR) is 72.4 cm³/mol. The average molecular weight is 305 g/mol. The van der Waals surface area contributed by atoms with Crippen LogP contribution in [0.15, 0.2) is 18.2 Å². The van der Waals surface area contributed by atoms with Gasteiger partial charge in [-0.3, -0.25) is 0 Å². The van der Waals surface area contributed by atoms with E-state index in [1.54, 1.807) is 0 Å². The van der Waals surface area contributed by atoms with E-state index in [1.165, 1.54) is 6.07 Å². The van der Waals surface area contributed by atoms with E-state index in [-0.39, 0.29) is 12.5 Å². The summed E-state index contributed by atoms with van der Waals surface area (Å²) in [6.07, 6.45) is -3.19. The van der Waals surface area contributed by atoms with Crippen molar-refractivity contribution >= 4 is 11.7 Å². The van der Waals surface area contributed by atoms with E-state index in [1.807, 2.05) is 6.92 Å². The summed E-state index contributed by atoms with van der Waals surface area (Å²) in [6.45, 7) is 2.47.